The Balaban J connectivity index is 1.97. The quantitative estimate of drug-likeness (QED) is 0.383. The van der Waals surface area contributed by atoms with E-state index in [0.29, 0.717) is 5.92 Å². The zero-order valence-electron chi connectivity index (χ0n) is 15.0. The van der Waals surface area contributed by atoms with E-state index in [1.807, 2.05) is 12.3 Å². The van der Waals surface area contributed by atoms with Gasteiger partial charge in [0.05, 0.1) is 5.69 Å². The molecule has 0 spiro atoms. The van der Waals surface area contributed by atoms with Crippen molar-refractivity contribution in [3.05, 3.63) is 78.6 Å². The van der Waals surface area contributed by atoms with Crippen LogP contribution in [-0.4, -0.2) is 9.97 Å². The number of pyridine rings is 1. The summed E-state index contributed by atoms with van der Waals surface area (Å²) in [5.41, 5.74) is 5.97. The van der Waals surface area contributed by atoms with Gasteiger partial charge < -0.3 is 4.98 Å². The van der Waals surface area contributed by atoms with Crippen molar-refractivity contribution in [2.45, 2.75) is 19.8 Å². The lowest BCUT2D eigenvalue weighted by Gasteiger charge is -2.14. The maximum atomic E-state index is 4.67. The Hall–Kier alpha value is -3.13. The Labute approximate surface area is 152 Å². The van der Waals surface area contributed by atoms with Gasteiger partial charge in [0.1, 0.15) is 0 Å². The fourth-order valence-corrected chi connectivity index (χ4v) is 4.05. The molecule has 26 heavy (non-hydrogen) atoms. The monoisotopic (exact) mass is 336 g/mol. The maximum Gasteiger partial charge on any atom is 0.0507 e. The SMILES string of the molecule is CC(C)c1ncccc1-c1cc2[nH]c3ccccc3c2c2ccccc12. The number of fused-ring (bicyclic) bond motifs is 5. The Morgan fingerprint density at radius 2 is 1.46 bits per heavy atom. The minimum absolute atomic E-state index is 0.378. The summed E-state index contributed by atoms with van der Waals surface area (Å²) in [5.74, 6) is 0.378. The van der Waals surface area contributed by atoms with Gasteiger partial charge in [0.2, 0.25) is 0 Å². The van der Waals surface area contributed by atoms with Crippen molar-refractivity contribution in [1.82, 2.24) is 9.97 Å². The van der Waals surface area contributed by atoms with Crippen LogP contribution in [-0.2, 0) is 0 Å². The molecule has 5 rings (SSSR count). The van der Waals surface area contributed by atoms with Crippen LogP contribution in [0.2, 0.25) is 0 Å². The van der Waals surface area contributed by atoms with Crippen LogP contribution in [0.25, 0.3) is 43.7 Å². The molecular weight excluding hydrogens is 316 g/mol. The number of nitrogens with one attached hydrogen (secondary N) is 1. The van der Waals surface area contributed by atoms with Gasteiger partial charge >= 0.3 is 0 Å². The third kappa shape index (κ3) is 2.15. The number of para-hydroxylation sites is 1. The predicted octanol–water partition coefficient (Wildman–Crippen LogP) is 6.66. The van der Waals surface area contributed by atoms with Gasteiger partial charge in [-0.25, -0.2) is 0 Å². The van der Waals surface area contributed by atoms with Crippen molar-refractivity contribution in [3.63, 3.8) is 0 Å². The first-order valence-electron chi connectivity index (χ1n) is 9.11. The van der Waals surface area contributed by atoms with E-state index in [4.69, 9.17) is 0 Å². The summed E-state index contributed by atoms with van der Waals surface area (Å²) in [4.78, 5) is 8.28. The average molecular weight is 336 g/mol. The van der Waals surface area contributed by atoms with Crippen LogP contribution in [0.5, 0.6) is 0 Å². The summed E-state index contributed by atoms with van der Waals surface area (Å²) < 4.78 is 0. The minimum atomic E-state index is 0.378. The van der Waals surface area contributed by atoms with Gasteiger partial charge in [0.25, 0.3) is 0 Å². The summed E-state index contributed by atoms with van der Waals surface area (Å²) in [6.45, 7) is 4.41. The van der Waals surface area contributed by atoms with Crippen molar-refractivity contribution in [3.8, 4) is 11.1 Å². The normalized spacial score (nSPS) is 11.8. The molecule has 2 heterocycles. The highest BCUT2D eigenvalue weighted by molar-refractivity contribution is 6.23. The standard InChI is InChI=1S/C24H20N2/c1-15(2)24-18(11-7-13-25-24)20-14-22-23(17-9-4-3-8-16(17)20)19-10-5-6-12-21(19)26-22/h3-15,26H,1-2H3. The smallest absolute Gasteiger partial charge is 0.0507 e. The maximum absolute atomic E-state index is 4.67. The van der Waals surface area contributed by atoms with E-state index in [2.05, 4.69) is 84.5 Å². The molecule has 0 saturated carbocycles. The molecule has 0 fully saturated rings. The fourth-order valence-electron chi connectivity index (χ4n) is 4.05. The van der Waals surface area contributed by atoms with Crippen molar-refractivity contribution in [1.29, 1.82) is 0 Å². The Morgan fingerprint density at radius 3 is 2.27 bits per heavy atom. The summed E-state index contributed by atoms with van der Waals surface area (Å²) in [6, 6.07) is 23.8. The molecule has 0 unspecified atom stereocenters. The van der Waals surface area contributed by atoms with E-state index in [-0.39, 0.29) is 0 Å². The first kappa shape index (κ1) is 15.2. The molecule has 0 aliphatic carbocycles. The predicted molar refractivity (Wildman–Crippen MR) is 111 cm³/mol. The van der Waals surface area contributed by atoms with Crippen molar-refractivity contribution < 1.29 is 0 Å². The largest absolute Gasteiger partial charge is 0.354 e. The second-order valence-corrected chi connectivity index (χ2v) is 7.15. The second-order valence-electron chi connectivity index (χ2n) is 7.15. The molecule has 2 nitrogen and oxygen atoms in total. The van der Waals surface area contributed by atoms with Crippen LogP contribution >= 0.6 is 0 Å². The van der Waals surface area contributed by atoms with Crippen LogP contribution in [0, 0.1) is 0 Å². The first-order chi connectivity index (χ1) is 12.7. The molecular formula is C24H20N2. The van der Waals surface area contributed by atoms with E-state index in [9.17, 15) is 0 Å². The van der Waals surface area contributed by atoms with E-state index in [0.717, 1.165) is 5.69 Å². The number of hydrogen-bond acceptors (Lipinski definition) is 1. The zero-order chi connectivity index (χ0) is 17.7. The Bertz CT molecular complexity index is 1260. The molecule has 0 aliphatic heterocycles. The fraction of sp³-hybridized carbons (Fsp3) is 0.125. The molecule has 0 radical (unpaired) electrons. The summed E-state index contributed by atoms with van der Waals surface area (Å²) in [7, 11) is 0. The number of nitrogens with zero attached hydrogens (tertiary/aromatic N) is 1. The molecule has 0 bridgehead atoms. The van der Waals surface area contributed by atoms with Crippen molar-refractivity contribution in [2.24, 2.45) is 0 Å². The molecule has 2 aromatic heterocycles. The Morgan fingerprint density at radius 1 is 0.731 bits per heavy atom. The van der Waals surface area contributed by atoms with E-state index in [1.54, 1.807) is 0 Å². The van der Waals surface area contributed by atoms with Gasteiger partial charge in [0.15, 0.2) is 0 Å². The summed E-state index contributed by atoms with van der Waals surface area (Å²) >= 11 is 0. The van der Waals surface area contributed by atoms with Crippen LogP contribution in [0.15, 0.2) is 72.9 Å². The molecule has 0 amide bonds. The molecule has 0 saturated heterocycles. The number of rotatable bonds is 2. The van der Waals surface area contributed by atoms with E-state index >= 15 is 0 Å². The lowest BCUT2D eigenvalue weighted by molar-refractivity contribution is 0.826. The Kier molecular flexibility index (Phi) is 3.32. The molecule has 3 aromatic carbocycles. The van der Waals surface area contributed by atoms with Crippen LogP contribution in [0.1, 0.15) is 25.5 Å². The topological polar surface area (TPSA) is 28.7 Å². The third-order valence-corrected chi connectivity index (χ3v) is 5.19. The van der Waals surface area contributed by atoms with Crippen LogP contribution < -0.4 is 0 Å². The lowest BCUT2D eigenvalue weighted by Crippen LogP contribution is -1.96. The van der Waals surface area contributed by atoms with E-state index in [1.165, 1.54) is 43.7 Å². The van der Waals surface area contributed by atoms with Gasteiger partial charge in [0, 0.05) is 33.6 Å². The van der Waals surface area contributed by atoms with Crippen molar-refractivity contribution in [2.75, 3.05) is 0 Å². The molecule has 0 atom stereocenters. The van der Waals surface area contributed by atoms with Crippen molar-refractivity contribution >= 4 is 32.6 Å². The second kappa shape index (κ2) is 5.70. The van der Waals surface area contributed by atoms with Gasteiger partial charge in [-0.05, 0) is 40.5 Å². The van der Waals surface area contributed by atoms with Gasteiger partial charge in [-0.15, -0.1) is 0 Å². The van der Waals surface area contributed by atoms with Crippen LogP contribution in [0.3, 0.4) is 0 Å². The number of aromatic amines is 1. The number of hydrogen-bond donors (Lipinski definition) is 1. The molecule has 1 N–H and O–H groups in total. The zero-order valence-corrected chi connectivity index (χ0v) is 15.0. The average Bonchev–Trinajstić information content (AvgIpc) is 3.06. The van der Waals surface area contributed by atoms with Crippen LogP contribution in [0.4, 0.5) is 0 Å². The highest BCUT2D eigenvalue weighted by Crippen LogP contribution is 2.39. The molecule has 126 valence electrons. The van der Waals surface area contributed by atoms with Gasteiger partial charge in [-0.3, -0.25) is 4.98 Å². The highest BCUT2D eigenvalue weighted by Gasteiger charge is 2.16. The molecule has 2 heteroatoms. The highest BCUT2D eigenvalue weighted by atomic mass is 14.7. The molecule has 0 aliphatic rings. The van der Waals surface area contributed by atoms with Gasteiger partial charge in [-0.2, -0.15) is 0 Å². The lowest BCUT2D eigenvalue weighted by atomic mass is 9.91. The number of benzene rings is 3. The van der Waals surface area contributed by atoms with E-state index < -0.39 is 0 Å². The minimum Gasteiger partial charge on any atom is -0.354 e. The van der Waals surface area contributed by atoms with Gasteiger partial charge in [-0.1, -0.05) is 62.4 Å². The first-order valence-corrected chi connectivity index (χ1v) is 9.11. The summed E-state index contributed by atoms with van der Waals surface area (Å²) in [5, 5.41) is 5.14. The number of H-pyrrole nitrogens is 1. The third-order valence-electron chi connectivity index (χ3n) is 5.19. The summed E-state index contributed by atoms with van der Waals surface area (Å²) in [6.07, 6.45) is 1.89. The molecule has 5 aromatic rings. The number of aromatic nitrogens is 2.